The minimum Gasteiger partial charge on any atom is -0.383 e. The molecule has 2 heterocycles. The molecule has 2 aromatic heterocycles. The molecule has 3 aromatic rings. The summed E-state index contributed by atoms with van der Waals surface area (Å²) < 4.78 is 0. The third-order valence-electron chi connectivity index (χ3n) is 4.53. The van der Waals surface area contributed by atoms with Crippen molar-refractivity contribution < 1.29 is 0 Å². The van der Waals surface area contributed by atoms with E-state index in [0.717, 1.165) is 22.3 Å². The van der Waals surface area contributed by atoms with Gasteiger partial charge in [-0.25, -0.2) is 9.97 Å². The highest BCUT2D eigenvalue weighted by Gasteiger charge is 2.20. The van der Waals surface area contributed by atoms with Crippen LogP contribution in [0.3, 0.4) is 0 Å². The van der Waals surface area contributed by atoms with E-state index in [1.165, 1.54) is 24.8 Å². The number of hydrogen-bond donors (Lipinski definition) is 2. The Labute approximate surface area is 135 Å². The van der Waals surface area contributed by atoms with E-state index in [0.29, 0.717) is 18.3 Å². The Bertz CT molecular complexity index is 824. The number of anilines is 2. The number of fused-ring (bicyclic) bond motifs is 1. The number of hydrogen-bond acceptors (Lipinski definition) is 5. The zero-order valence-corrected chi connectivity index (χ0v) is 12.9. The van der Waals surface area contributed by atoms with Crippen molar-refractivity contribution in [3.63, 3.8) is 0 Å². The molecule has 5 heteroatoms. The summed E-state index contributed by atoms with van der Waals surface area (Å²) >= 11 is 0. The highest BCUT2D eigenvalue weighted by atomic mass is 15.0. The zero-order chi connectivity index (χ0) is 15.6. The second kappa shape index (κ2) is 5.83. The van der Waals surface area contributed by atoms with E-state index < -0.39 is 0 Å². The highest BCUT2D eigenvalue weighted by molar-refractivity contribution is 5.91. The Morgan fingerprint density at radius 2 is 2.00 bits per heavy atom. The number of nitrogen functional groups attached to an aromatic ring is 1. The summed E-state index contributed by atoms with van der Waals surface area (Å²) in [6.45, 7) is 0.704. The molecule has 0 bridgehead atoms. The number of rotatable bonds is 4. The molecule has 116 valence electrons. The zero-order valence-electron chi connectivity index (χ0n) is 12.9. The first-order valence-electron chi connectivity index (χ1n) is 7.98. The summed E-state index contributed by atoms with van der Waals surface area (Å²) in [7, 11) is 0. The molecule has 1 aromatic carbocycles. The van der Waals surface area contributed by atoms with Gasteiger partial charge in [0.25, 0.3) is 0 Å². The first kappa shape index (κ1) is 13.9. The van der Waals surface area contributed by atoms with Crippen molar-refractivity contribution in [3.05, 3.63) is 54.1 Å². The molecule has 1 fully saturated rings. The normalized spacial score (nSPS) is 14.6. The van der Waals surface area contributed by atoms with Crippen molar-refractivity contribution in [2.24, 2.45) is 0 Å². The SMILES string of the molecule is Nc1nccc2cc(CNc3cnc(C4CCC4)cn3)ccc12. The minimum atomic E-state index is 0.569. The maximum absolute atomic E-state index is 5.88. The lowest BCUT2D eigenvalue weighted by atomic mass is 9.83. The van der Waals surface area contributed by atoms with Gasteiger partial charge in [-0.15, -0.1) is 0 Å². The molecule has 0 radical (unpaired) electrons. The van der Waals surface area contributed by atoms with Gasteiger partial charge in [0.2, 0.25) is 0 Å². The summed E-state index contributed by atoms with van der Waals surface area (Å²) in [6.07, 6.45) is 9.27. The van der Waals surface area contributed by atoms with Gasteiger partial charge in [0, 0.05) is 24.0 Å². The van der Waals surface area contributed by atoms with E-state index in [1.807, 2.05) is 24.5 Å². The van der Waals surface area contributed by atoms with Gasteiger partial charge in [0.1, 0.15) is 11.6 Å². The van der Waals surface area contributed by atoms with Crippen molar-refractivity contribution in [1.82, 2.24) is 15.0 Å². The van der Waals surface area contributed by atoms with E-state index in [1.54, 1.807) is 6.20 Å². The molecule has 0 aliphatic heterocycles. The van der Waals surface area contributed by atoms with Crippen LogP contribution in [-0.2, 0) is 6.54 Å². The average molecular weight is 305 g/mol. The second-order valence-electron chi connectivity index (χ2n) is 6.06. The molecule has 1 aliphatic rings. The number of pyridine rings is 1. The molecule has 3 N–H and O–H groups in total. The lowest BCUT2D eigenvalue weighted by Crippen LogP contribution is -2.11. The van der Waals surface area contributed by atoms with Crippen LogP contribution in [-0.4, -0.2) is 15.0 Å². The fraction of sp³-hybridized carbons (Fsp3) is 0.278. The van der Waals surface area contributed by atoms with Crippen LogP contribution < -0.4 is 11.1 Å². The molecule has 4 rings (SSSR count). The number of nitrogens with zero attached hydrogens (tertiary/aromatic N) is 3. The minimum absolute atomic E-state index is 0.569. The number of nitrogens with two attached hydrogens (primary N) is 1. The van der Waals surface area contributed by atoms with Crippen molar-refractivity contribution in [3.8, 4) is 0 Å². The maximum Gasteiger partial charge on any atom is 0.144 e. The molecule has 5 nitrogen and oxygen atoms in total. The van der Waals surface area contributed by atoms with Gasteiger partial charge in [-0.2, -0.15) is 0 Å². The average Bonchev–Trinajstić information content (AvgIpc) is 2.53. The van der Waals surface area contributed by atoms with Crippen LogP contribution in [0, 0.1) is 0 Å². The summed E-state index contributed by atoms with van der Waals surface area (Å²) in [4.78, 5) is 13.1. The Morgan fingerprint density at radius 3 is 2.74 bits per heavy atom. The van der Waals surface area contributed by atoms with Crippen LogP contribution in [0.1, 0.15) is 36.4 Å². The molecule has 23 heavy (non-hydrogen) atoms. The Morgan fingerprint density at radius 1 is 1.09 bits per heavy atom. The standard InChI is InChI=1S/C18H19N5/c19-18-15-5-4-12(8-14(15)6-7-20-18)9-22-17-11-21-16(10-23-17)13-2-1-3-13/h4-8,10-11,13H,1-3,9H2,(H2,19,20)(H,22,23). The molecule has 0 saturated heterocycles. The predicted molar refractivity (Wildman–Crippen MR) is 92.1 cm³/mol. The van der Waals surface area contributed by atoms with E-state index in [-0.39, 0.29) is 0 Å². The summed E-state index contributed by atoms with van der Waals surface area (Å²) in [6, 6.07) is 8.17. The summed E-state index contributed by atoms with van der Waals surface area (Å²) in [5.41, 5.74) is 8.18. The summed E-state index contributed by atoms with van der Waals surface area (Å²) in [5, 5.41) is 5.41. The Balaban J connectivity index is 1.46. The largest absolute Gasteiger partial charge is 0.383 e. The van der Waals surface area contributed by atoms with Crippen LogP contribution in [0.5, 0.6) is 0 Å². The first-order valence-corrected chi connectivity index (χ1v) is 7.98. The van der Waals surface area contributed by atoms with Crippen molar-refractivity contribution in [1.29, 1.82) is 0 Å². The van der Waals surface area contributed by atoms with Crippen LogP contribution in [0.25, 0.3) is 10.8 Å². The fourth-order valence-electron chi connectivity index (χ4n) is 2.90. The molecule has 1 saturated carbocycles. The number of aromatic nitrogens is 3. The Hall–Kier alpha value is -2.69. The van der Waals surface area contributed by atoms with E-state index in [4.69, 9.17) is 5.73 Å². The predicted octanol–water partition coefficient (Wildman–Crippen LogP) is 3.49. The van der Waals surface area contributed by atoms with Crippen LogP contribution in [0.4, 0.5) is 11.6 Å². The molecule has 1 aliphatic carbocycles. The molecule has 0 spiro atoms. The smallest absolute Gasteiger partial charge is 0.144 e. The monoisotopic (exact) mass is 305 g/mol. The number of benzene rings is 1. The van der Waals surface area contributed by atoms with Crippen molar-refractivity contribution >= 4 is 22.4 Å². The third-order valence-corrected chi connectivity index (χ3v) is 4.53. The van der Waals surface area contributed by atoms with Crippen LogP contribution in [0.15, 0.2) is 42.9 Å². The molecule has 0 amide bonds. The van der Waals surface area contributed by atoms with Gasteiger partial charge in [0.15, 0.2) is 0 Å². The molecular formula is C18H19N5. The quantitative estimate of drug-likeness (QED) is 0.771. The van der Waals surface area contributed by atoms with Gasteiger partial charge in [-0.1, -0.05) is 18.6 Å². The van der Waals surface area contributed by atoms with Gasteiger partial charge < -0.3 is 11.1 Å². The second-order valence-corrected chi connectivity index (χ2v) is 6.06. The maximum atomic E-state index is 5.88. The van der Waals surface area contributed by atoms with Gasteiger partial charge in [-0.3, -0.25) is 4.98 Å². The summed E-state index contributed by atoms with van der Waals surface area (Å²) in [5.74, 6) is 2.00. The fourth-order valence-corrected chi connectivity index (χ4v) is 2.90. The van der Waals surface area contributed by atoms with Crippen LogP contribution in [0.2, 0.25) is 0 Å². The van der Waals surface area contributed by atoms with Crippen molar-refractivity contribution in [2.45, 2.75) is 31.7 Å². The van der Waals surface area contributed by atoms with Gasteiger partial charge in [0.05, 0.1) is 18.1 Å². The third kappa shape index (κ3) is 2.82. The molecular weight excluding hydrogens is 286 g/mol. The first-order chi connectivity index (χ1) is 11.3. The Kier molecular flexibility index (Phi) is 3.54. The lowest BCUT2D eigenvalue weighted by molar-refractivity contribution is 0.410. The van der Waals surface area contributed by atoms with E-state index in [9.17, 15) is 0 Å². The lowest BCUT2D eigenvalue weighted by Gasteiger charge is -2.24. The highest BCUT2D eigenvalue weighted by Crippen LogP contribution is 2.34. The van der Waals surface area contributed by atoms with E-state index in [2.05, 4.69) is 32.4 Å². The van der Waals surface area contributed by atoms with Gasteiger partial charge in [-0.05, 0) is 35.9 Å². The van der Waals surface area contributed by atoms with Crippen LogP contribution >= 0.6 is 0 Å². The molecule has 0 atom stereocenters. The number of nitrogens with one attached hydrogen (secondary N) is 1. The van der Waals surface area contributed by atoms with Gasteiger partial charge >= 0.3 is 0 Å². The molecule has 0 unspecified atom stereocenters. The van der Waals surface area contributed by atoms with E-state index >= 15 is 0 Å². The van der Waals surface area contributed by atoms with Crippen molar-refractivity contribution in [2.75, 3.05) is 11.1 Å². The topological polar surface area (TPSA) is 76.7 Å².